The van der Waals surface area contributed by atoms with Crippen LogP contribution in [-0.2, 0) is 9.59 Å². The Kier molecular flexibility index (Phi) is 6.95. The second-order valence-corrected chi connectivity index (χ2v) is 7.78. The summed E-state index contributed by atoms with van der Waals surface area (Å²) in [5.74, 6) is -0.478. The summed E-state index contributed by atoms with van der Waals surface area (Å²) >= 11 is 0. The van der Waals surface area contributed by atoms with Crippen LogP contribution in [0.1, 0.15) is 11.1 Å². The molecule has 1 heterocycles. The summed E-state index contributed by atoms with van der Waals surface area (Å²) in [7, 11) is 0. The third kappa shape index (κ3) is 6.37. The lowest BCUT2D eigenvalue weighted by molar-refractivity contribution is -1.00. The second-order valence-electron chi connectivity index (χ2n) is 7.78. The highest BCUT2D eigenvalue weighted by Crippen LogP contribution is 2.15. The third-order valence-corrected chi connectivity index (χ3v) is 5.26. The minimum atomic E-state index is -0.369. The summed E-state index contributed by atoms with van der Waals surface area (Å²) in [6.45, 7) is 8.08. The van der Waals surface area contributed by atoms with Gasteiger partial charge in [0.25, 0.3) is 11.8 Å². The van der Waals surface area contributed by atoms with E-state index < -0.39 is 0 Å². The molecule has 1 fully saturated rings. The summed E-state index contributed by atoms with van der Waals surface area (Å²) in [5.41, 5.74) is 3.51. The van der Waals surface area contributed by atoms with Crippen molar-refractivity contribution in [2.75, 3.05) is 49.9 Å². The lowest BCUT2D eigenvalue weighted by Gasteiger charge is -2.29. The average molecular weight is 400 g/mol. The normalized spacial score (nSPS) is 18.9. The predicted molar refractivity (Wildman–Crippen MR) is 111 cm³/mol. The van der Waals surface area contributed by atoms with Crippen LogP contribution in [0.15, 0.2) is 42.5 Å². The zero-order chi connectivity index (χ0) is 20.8. The fraction of sp³-hybridized carbons (Fsp3) is 0.364. The van der Waals surface area contributed by atoms with Gasteiger partial charge in [0.2, 0.25) is 0 Å². The standard InChI is InChI=1S/C22H27FN4O2/c1-16-6-7-17(2)20(12-16)25-22(29)15-27-10-8-26(9-11-27)14-21(28)24-19-5-3-4-18(23)13-19/h3-7,12-13H,8-11,14-15H2,1-2H3,(H,24,28)(H,25,29)/p+2. The third-order valence-electron chi connectivity index (χ3n) is 5.26. The van der Waals surface area contributed by atoms with E-state index in [1.807, 2.05) is 32.0 Å². The number of amides is 2. The molecule has 3 rings (SSSR count). The van der Waals surface area contributed by atoms with E-state index in [0.29, 0.717) is 18.8 Å². The van der Waals surface area contributed by atoms with E-state index >= 15 is 0 Å². The molecule has 2 aromatic carbocycles. The molecule has 4 N–H and O–H groups in total. The molecule has 0 saturated carbocycles. The van der Waals surface area contributed by atoms with E-state index in [1.54, 1.807) is 12.1 Å². The zero-order valence-electron chi connectivity index (χ0n) is 17.0. The number of benzene rings is 2. The van der Waals surface area contributed by atoms with E-state index in [9.17, 15) is 14.0 Å². The molecule has 0 atom stereocenters. The van der Waals surface area contributed by atoms with Gasteiger partial charge in [0, 0.05) is 11.4 Å². The molecule has 1 aliphatic rings. The Hall–Kier alpha value is -2.77. The number of carbonyl (C=O) groups is 2. The first-order valence-electron chi connectivity index (χ1n) is 9.99. The maximum absolute atomic E-state index is 13.2. The number of nitrogens with one attached hydrogen (secondary N) is 4. The van der Waals surface area contributed by atoms with Gasteiger partial charge in [0.15, 0.2) is 13.1 Å². The van der Waals surface area contributed by atoms with Crippen molar-refractivity contribution >= 4 is 23.2 Å². The van der Waals surface area contributed by atoms with E-state index in [0.717, 1.165) is 43.0 Å². The Balaban J connectivity index is 1.41. The van der Waals surface area contributed by atoms with Gasteiger partial charge in [-0.3, -0.25) is 9.59 Å². The molecular formula is C22H29FN4O2+2. The first-order chi connectivity index (χ1) is 13.9. The fourth-order valence-electron chi connectivity index (χ4n) is 3.60. The molecule has 0 spiro atoms. The molecular weight excluding hydrogens is 371 g/mol. The highest BCUT2D eigenvalue weighted by molar-refractivity contribution is 5.92. The SMILES string of the molecule is Cc1ccc(C)c(NC(=O)C[NH+]2CC[NH+](CC(=O)Nc3cccc(F)c3)CC2)c1. The number of rotatable bonds is 6. The van der Waals surface area contributed by atoms with Crippen molar-refractivity contribution in [1.82, 2.24) is 0 Å². The number of hydrogen-bond acceptors (Lipinski definition) is 2. The molecule has 1 saturated heterocycles. The van der Waals surface area contributed by atoms with Crippen molar-refractivity contribution in [2.45, 2.75) is 13.8 Å². The molecule has 0 radical (unpaired) electrons. The van der Waals surface area contributed by atoms with Crippen LogP contribution < -0.4 is 20.4 Å². The van der Waals surface area contributed by atoms with Crippen molar-refractivity contribution < 1.29 is 23.8 Å². The van der Waals surface area contributed by atoms with Gasteiger partial charge in [-0.15, -0.1) is 0 Å². The minimum Gasteiger partial charge on any atom is -0.321 e. The maximum Gasteiger partial charge on any atom is 0.279 e. The molecule has 2 aromatic rings. The van der Waals surface area contributed by atoms with Gasteiger partial charge in [-0.1, -0.05) is 18.2 Å². The van der Waals surface area contributed by atoms with Gasteiger partial charge in [-0.05, 0) is 49.2 Å². The van der Waals surface area contributed by atoms with Crippen molar-refractivity contribution in [3.05, 3.63) is 59.4 Å². The predicted octanol–water partition coefficient (Wildman–Crippen LogP) is -0.197. The molecule has 29 heavy (non-hydrogen) atoms. The Morgan fingerprint density at radius 3 is 2.14 bits per heavy atom. The van der Waals surface area contributed by atoms with Gasteiger partial charge in [0.05, 0.1) is 0 Å². The van der Waals surface area contributed by atoms with Crippen LogP contribution in [-0.4, -0.2) is 51.1 Å². The first-order valence-corrected chi connectivity index (χ1v) is 9.99. The second kappa shape index (κ2) is 9.62. The summed E-state index contributed by atoms with van der Waals surface area (Å²) in [6, 6.07) is 11.9. The highest BCUT2D eigenvalue weighted by Gasteiger charge is 2.26. The molecule has 0 aromatic heterocycles. The van der Waals surface area contributed by atoms with Crippen LogP contribution in [0.5, 0.6) is 0 Å². The van der Waals surface area contributed by atoms with Gasteiger partial charge in [0.1, 0.15) is 32.0 Å². The van der Waals surface area contributed by atoms with Crippen molar-refractivity contribution in [1.29, 1.82) is 0 Å². The molecule has 0 aliphatic carbocycles. The number of aryl methyl sites for hydroxylation is 2. The van der Waals surface area contributed by atoms with Crippen LogP contribution in [0.3, 0.4) is 0 Å². The van der Waals surface area contributed by atoms with Crippen LogP contribution in [0.2, 0.25) is 0 Å². The molecule has 0 unspecified atom stereocenters. The number of hydrogen-bond donors (Lipinski definition) is 4. The largest absolute Gasteiger partial charge is 0.321 e. The van der Waals surface area contributed by atoms with E-state index in [1.165, 1.54) is 21.9 Å². The van der Waals surface area contributed by atoms with E-state index in [2.05, 4.69) is 10.6 Å². The Labute approximate surface area is 170 Å². The first kappa shape index (κ1) is 21.0. The van der Waals surface area contributed by atoms with Crippen molar-refractivity contribution in [3.8, 4) is 0 Å². The molecule has 7 heteroatoms. The lowest BCUT2D eigenvalue weighted by Crippen LogP contribution is -3.28. The van der Waals surface area contributed by atoms with Crippen LogP contribution in [0.25, 0.3) is 0 Å². The number of halogens is 1. The Bertz CT molecular complexity index is 879. The van der Waals surface area contributed by atoms with Gasteiger partial charge >= 0.3 is 0 Å². The van der Waals surface area contributed by atoms with Crippen LogP contribution in [0.4, 0.5) is 15.8 Å². The Morgan fingerprint density at radius 2 is 1.52 bits per heavy atom. The molecule has 2 amide bonds. The topological polar surface area (TPSA) is 67.1 Å². The van der Waals surface area contributed by atoms with E-state index in [-0.39, 0.29) is 17.6 Å². The summed E-state index contributed by atoms with van der Waals surface area (Å²) in [5, 5.41) is 5.75. The Morgan fingerprint density at radius 1 is 0.897 bits per heavy atom. The lowest BCUT2D eigenvalue weighted by atomic mass is 10.1. The van der Waals surface area contributed by atoms with Gasteiger partial charge < -0.3 is 20.4 Å². The molecule has 154 valence electrons. The number of anilines is 2. The van der Waals surface area contributed by atoms with Crippen LogP contribution >= 0.6 is 0 Å². The smallest absolute Gasteiger partial charge is 0.279 e. The monoisotopic (exact) mass is 400 g/mol. The maximum atomic E-state index is 13.2. The van der Waals surface area contributed by atoms with Crippen molar-refractivity contribution in [3.63, 3.8) is 0 Å². The van der Waals surface area contributed by atoms with Crippen molar-refractivity contribution in [2.24, 2.45) is 0 Å². The number of carbonyl (C=O) groups excluding carboxylic acids is 2. The number of quaternary nitrogens is 2. The molecule has 0 bridgehead atoms. The van der Waals surface area contributed by atoms with Gasteiger partial charge in [-0.2, -0.15) is 0 Å². The summed E-state index contributed by atoms with van der Waals surface area (Å²) < 4.78 is 13.2. The fourth-order valence-corrected chi connectivity index (χ4v) is 3.60. The van der Waals surface area contributed by atoms with Gasteiger partial charge in [-0.25, -0.2) is 4.39 Å². The summed E-state index contributed by atoms with van der Waals surface area (Å²) in [6.07, 6.45) is 0. The highest BCUT2D eigenvalue weighted by atomic mass is 19.1. The average Bonchev–Trinajstić information content (AvgIpc) is 2.66. The molecule has 6 nitrogen and oxygen atoms in total. The molecule has 1 aliphatic heterocycles. The minimum absolute atomic E-state index is 0.0148. The summed E-state index contributed by atoms with van der Waals surface area (Å²) in [4.78, 5) is 27.0. The quantitative estimate of drug-likeness (QED) is 0.543. The number of piperazine rings is 1. The van der Waals surface area contributed by atoms with Crippen LogP contribution in [0, 0.1) is 19.7 Å². The zero-order valence-corrected chi connectivity index (χ0v) is 17.0. The van der Waals surface area contributed by atoms with E-state index in [4.69, 9.17) is 0 Å².